The highest BCUT2D eigenvalue weighted by atomic mass is 16.3. The molecule has 0 aromatic carbocycles. The summed E-state index contributed by atoms with van der Waals surface area (Å²) in [7, 11) is 4.11. The molecule has 0 aliphatic carbocycles. The molecule has 3 heteroatoms. The number of nitrogens with zero attached hydrogens (tertiary/aromatic N) is 1. The summed E-state index contributed by atoms with van der Waals surface area (Å²) in [5.74, 6) is 0.426. The molecule has 0 radical (unpaired) electrons. The van der Waals surface area contributed by atoms with E-state index in [0.717, 1.165) is 13.1 Å². The van der Waals surface area contributed by atoms with Gasteiger partial charge in [-0.2, -0.15) is 0 Å². The van der Waals surface area contributed by atoms with E-state index in [4.69, 9.17) is 5.11 Å². The summed E-state index contributed by atoms with van der Waals surface area (Å²) in [6, 6.07) is 0.519. The molecule has 1 saturated heterocycles. The normalized spacial score (nSPS) is 33.6. The van der Waals surface area contributed by atoms with Crippen molar-refractivity contribution >= 4 is 0 Å². The standard InChI is InChI=1S/C7H16N2O/c1-9(2)7-4-8-3-6(7)5-10/h6-8,10H,3-5H2,1-2H3. The molecule has 3 nitrogen and oxygen atoms in total. The fourth-order valence-electron chi connectivity index (χ4n) is 1.51. The topological polar surface area (TPSA) is 35.5 Å². The van der Waals surface area contributed by atoms with Gasteiger partial charge in [-0.3, -0.25) is 0 Å². The van der Waals surface area contributed by atoms with Gasteiger partial charge in [0.25, 0.3) is 0 Å². The Morgan fingerprint density at radius 2 is 2.20 bits per heavy atom. The van der Waals surface area contributed by atoms with Crippen molar-refractivity contribution in [1.82, 2.24) is 10.2 Å². The number of nitrogens with one attached hydrogen (secondary N) is 1. The first-order valence-corrected chi connectivity index (χ1v) is 3.73. The number of aliphatic hydroxyl groups excluding tert-OH is 1. The van der Waals surface area contributed by atoms with Crippen molar-refractivity contribution in [1.29, 1.82) is 0 Å². The van der Waals surface area contributed by atoms with E-state index < -0.39 is 0 Å². The van der Waals surface area contributed by atoms with Gasteiger partial charge in [0.2, 0.25) is 0 Å². The van der Waals surface area contributed by atoms with Crippen LogP contribution in [0.2, 0.25) is 0 Å². The van der Waals surface area contributed by atoms with Crippen LogP contribution >= 0.6 is 0 Å². The van der Waals surface area contributed by atoms with E-state index >= 15 is 0 Å². The summed E-state index contributed by atoms with van der Waals surface area (Å²) in [6.45, 7) is 2.27. The first-order valence-electron chi connectivity index (χ1n) is 3.73. The first kappa shape index (κ1) is 7.98. The van der Waals surface area contributed by atoms with Gasteiger partial charge in [-0.05, 0) is 14.1 Å². The highest BCUT2D eigenvalue weighted by Crippen LogP contribution is 2.11. The van der Waals surface area contributed by atoms with Gasteiger partial charge in [0.15, 0.2) is 0 Å². The molecular weight excluding hydrogens is 128 g/mol. The van der Waals surface area contributed by atoms with Gasteiger partial charge in [0.05, 0.1) is 0 Å². The third-order valence-corrected chi connectivity index (χ3v) is 2.20. The average Bonchev–Trinajstić information content (AvgIpc) is 2.33. The molecule has 0 aromatic heterocycles. The van der Waals surface area contributed by atoms with Crippen LogP contribution in [0.15, 0.2) is 0 Å². The molecule has 1 rings (SSSR count). The zero-order valence-corrected chi connectivity index (χ0v) is 6.67. The van der Waals surface area contributed by atoms with Gasteiger partial charge < -0.3 is 15.3 Å². The van der Waals surface area contributed by atoms with Crippen molar-refractivity contribution in [3.05, 3.63) is 0 Å². The van der Waals surface area contributed by atoms with Crippen LogP contribution in [0.3, 0.4) is 0 Å². The number of likely N-dealkylation sites (N-methyl/N-ethyl adjacent to an activating group) is 1. The Balaban J connectivity index is 2.42. The van der Waals surface area contributed by atoms with Gasteiger partial charge in [-0.25, -0.2) is 0 Å². The zero-order valence-electron chi connectivity index (χ0n) is 6.67. The Hall–Kier alpha value is -0.120. The van der Waals surface area contributed by atoms with E-state index in [1.807, 2.05) is 0 Å². The van der Waals surface area contributed by atoms with Gasteiger partial charge in [0.1, 0.15) is 0 Å². The minimum Gasteiger partial charge on any atom is -0.396 e. The van der Waals surface area contributed by atoms with Crippen LogP contribution in [0.4, 0.5) is 0 Å². The Bertz CT molecular complexity index is 106. The largest absolute Gasteiger partial charge is 0.396 e. The van der Waals surface area contributed by atoms with Crippen molar-refractivity contribution < 1.29 is 5.11 Å². The molecule has 2 N–H and O–H groups in total. The second-order valence-corrected chi connectivity index (χ2v) is 3.13. The minimum atomic E-state index is 0.301. The van der Waals surface area contributed by atoms with E-state index in [-0.39, 0.29) is 0 Å². The molecule has 2 unspecified atom stereocenters. The third-order valence-electron chi connectivity index (χ3n) is 2.20. The second kappa shape index (κ2) is 3.32. The predicted octanol–water partition coefficient (Wildman–Crippen LogP) is -0.872. The molecule has 1 aliphatic heterocycles. The molecule has 2 atom stereocenters. The van der Waals surface area contributed by atoms with Gasteiger partial charge in [-0.15, -0.1) is 0 Å². The summed E-state index contributed by atoms with van der Waals surface area (Å²) < 4.78 is 0. The number of aliphatic hydroxyl groups is 1. The van der Waals surface area contributed by atoms with Crippen molar-refractivity contribution in [3.63, 3.8) is 0 Å². The fraction of sp³-hybridized carbons (Fsp3) is 1.00. The maximum Gasteiger partial charge on any atom is 0.0486 e. The maximum absolute atomic E-state index is 8.92. The predicted molar refractivity (Wildman–Crippen MR) is 40.9 cm³/mol. The van der Waals surface area contributed by atoms with Gasteiger partial charge in [-0.1, -0.05) is 0 Å². The van der Waals surface area contributed by atoms with Gasteiger partial charge >= 0.3 is 0 Å². The molecular formula is C7H16N2O. The summed E-state index contributed by atoms with van der Waals surface area (Å²) in [5.41, 5.74) is 0. The Labute approximate surface area is 62.0 Å². The maximum atomic E-state index is 8.92. The van der Waals surface area contributed by atoms with Crippen LogP contribution in [0.25, 0.3) is 0 Å². The van der Waals surface area contributed by atoms with E-state index in [9.17, 15) is 0 Å². The molecule has 0 spiro atoms. The SMILES string of the molecule is CN(C)C1CNCC1CO. The van der Waals surface area contributed by atoms with Crippen molar-refractivity contribution in [2.24, 2.45) is 5.92 Å². The molecule has 0 aromatic rings. The van der Waals surface area contributed by atoms with E-state index in [1.165, 1.54) is 0 Å². The third kappa shape index (κ3) is 1.48. The molecule has 0 bridgehead atoms. The molecule has 10 heavy (non-hydrogen) atoms. The minimum absolute atomic E-state index is 0.301. The van der Waals surface area contributed by atoms with Crippen LogP contribution < -0.4 is 5.32 Å². The van der Waals surface area contributed by atoms with Crippen LogP contribution in [0.1, 0.15) is 0 Å². The summed E-state index contributed by atoms with van der Waals surface area (Å²) in [4.78, 5) is 2.17. The van der Waals surface area contributed by atoms with Crippen LogP contribution in [-0.4, -0.2) is 49.8 Å². The molecule has 1 aliphatic rings. The zero-order chi connectivity index (χ0) is 7.56. The lowest BCUT2D eigenvalue weighted by Crippen LogP contribution is -2.36. The summed E-state index contributed by atoms with van der Waals surface area (Å²) >= 11 is 0. The lowest BCUT2D eigenvalue weighted by Gasteiger charge is -2.23. The summed E-state index contributed by atoms with van der Waals surface area (Å²) in [5, 5.41) is 12.2. The molecule has 1 fully saturated rings. The number of rotatable bonds is 2. The number of hydrogen-bond donors (Lipinski definition) is 2. The van der Waals surface area contributed by atoms with E-state index in [0.29, 0.717) is 18.6 Å². The fourth-order valence-corrected chi connectivity index (χ4v) is 1.51. The smallest absolute Gasteiger partial charge is 0.0486 e. The quantitative estimate of drug-likeness (QED) is 0.529. The van der Waals surface area contributed by atoms with Crippen molar-refractivity contribution in [2.75, 3.05) is 33.8 Å². The van der Waals surface area contributed by atoms with Crippen LogP contribution in [0, 0.1) is 5.92 Å². The monoisotopic (exact) mass is 144 g/mol. The first-order chi connectivity index (χ1) is 4.75. The van der Waals surface area contributed by atoms with E-state index in [2.05, 4.69) is 24.3 Å². The molecule has 60 valence electrons. The highest BCUT2D eigenvalue weighted by Gasteiger charge is 2.27. The Kier molecular flexibility index (Phi) is 2.65. The highest BCUT2D eigenvalue weighted by molar-refractivity contribution is 4.85. The van der Waals surface area contributed by atoms with Crippen molar-refractivity contribution in [3.8, 4) is 0 Å². The van der Waals surface area contributed by atoms with E-state index in [1.54, 1.807) is 0 Å². The molecule has 0 amide bonds. The Morgan fingerprint density at radius 3 is 2.60 bits per heavy atom. The second-order valence-electron chi connectivity index (χ2n) is 3.13. The van der Waals surface area contributed by atoms with Crippen LogP contribution in [0.5, 0.6) is 0 Å². The lowest BCUT2D eigenvalue weighted by molar-refractivity contribution is 0.168. The van der Waals surface area contributed by atoms with Crippen LogP contribution in [-0.2, 0) is 0 Å². The molecule has 0 saturated carbocycles. The van der Waals surface area contributed by atoms with Crippen molar-refractivity contribution in [2.45, 2.75) is 6.04 Å². The summed E-state index contributed by atoms with van der Waals surface area (Å²) in [6.07, 6.45) is 0. The average molecular weight is 144 g/mol. The lowest BCUT2D eigenvalue weighted by atomic mass is 10.0. The number of hydrogen-bond acceptors (Lipinski definition) is 3. The Morgan fingerprint density at radius 1 is 1.50 bits per heavy atom. The van der Waals surface area contributed by atoms with Gasteiger partial charge in [0, 0.05) is 31.7 Å². The molecule has 1 heterocycles.